The number of amides is 1. The molecule has 6 heteroatoms. The number of carbonyl (C=O) groups excluding carboxylic acids is 1. The molecule has 0 radical (unpaired) electrons. The predicted octanol–water partition coefficient (Wildman–Crippen LogP) is 3.17. The summed E-state index contributed by atoms with van der Waals surface area (Å²) in [5.74, 6) is 0.412. The van der Waals surface area contributed by atoms with E-state index in [1.165, 1.54) is 0 Å². The molecule has 106 valence electrons. The van der Waals surface area contributed by atoms with E-state index in [4.69, 9.17) is 0 Å². The number of aromatic nitrogens is 3. The van der Waals surface area contributed by atoms with E-state index in [9.17, 15) is 4.79 Å². The molecule has 0 unspecified atom stereocenters. The molecule has 0 spiro atoms. The van der Waals surface area contributed by atoms with Gasteiger partial charge < -0.3 is 5.32 Å². The van der Waals surface area contributed by atoms with Gasteiger partial charge in [0.1, 0.15) is 11.9 Å². The maximum atomic E-state index is 12.2. The molecule has 0 saturated heterocycles. The molecule has 2 heterocycles. The number of hydrogen-bond donors (Lipinski definition) is 1. The average molecular weight is 337 g/mol. The molecule has 0 aliphatic rings. The monoisotopic (exact) mass is 336 g/mol. The van der Waals surface area contributed by atoms with E-state index in [1.807, 2.05) is 39.8 Å². The number of rotatable bonds is 3. The van der Waals surface area contributed by atoms with Gasteiger partial charge in [0, 0.05) is 10.2 Å². The normalized spacial score (nSPS) is 12.2. The lowest BCUT2D eigenvalue weighted by Crippen LogP contribution is -2.25. The van der Waals surface area contributed by atoms with Gasteiger partial charge in [0.05, 0.1) is 11.4 Å². The van der Waals surface area contributed by atoms with Crippen molar-refractivity contribution >= 4 is 27.7 Å². The van der Waals surface area contributed by atoms with Gasteiger partial charge in [-0.1, -0.05) is 0 Å². The van der Waals surface area contributed by atoms with Crippen LogP contribution in [-0.4, -0.2) is 20.7 Å². The fraction of sp³-hybridized carbons (Fsp3) is 0.357. The summed E-state index contributed by atoms with van der Waals surface area (Å²) < 4.78 is 2.64. The molecule has 0 aliphatic heterocycles. The number of aryl methyl sites for hydroxylation is 3. The minimum atomic E-state index is -0.380. The van der Waals surface area contributed by atoms with Gasteiger partial charge in [-0.05, 0) is 61.8 Å². The number of pyridine rings is 1. The number of hydrogen-bond acceptors (Lipinski definition) is 3. The maximum absolute atomic E-state index is 12.2. The van der Waals surface area contributed by atoms with Gasteiger partial charge in [-0.2, -0.15) is 5.10 Å². The van der Waals surface area contributed by atoms with E-state index in [-0.39, 0.29) is 11.9 Å². The number of anilines is 1. The third kappa shape index (κ3) is 3.07. The summed E-state index contributed by atoms with van der Waals surface area (Å²) in [5, 5.41) is 7.15. The number of nitrogens with one attached hydrogen (secondary N) is 1. The molecule has 1 amide bonds. The molecule has 5 nitrogen and oxygen atoms in total. The lowest BCUT2D eigenvalue weighted by Gasteiger charge is -2.14. The minimum Gasteiger partial charge on any atom is -0.309 e. The van der Waals surface area contributed by atoms with E-state index in [2.05, 4.69) is 31.3 Å². The highest BCUT2D eigenvalue weighted by Gasteiger charge is 2.18. The molecule has 1 N–H and O–H groups in total. The van der Waals surface area contributed by atoms with Crippen LogP contribution in [0.15, 0.2) is 22.7 Å². The first-order chi connectivity index (χ1) is 9.38. The van der Waals surface area contributed by atoms with Gasteiger partial charge in [-0.3, -0.25) is 9.48 Å². The van der Waals surface area contributed by atoms with Crippen LogP contribution in [0.1, 0.15) is 30.0 Å². The molecule has 0 aliphatic carbocycles. The molecule has 0 saturated carbocycles. The lowest BCUT2D eigenvalue weighted by atomic mass is 10.3. The second kappa shape index (κ2) is 5.75. The van der Waals surface area contributed by atoms with E-state index in [0.717, 1.165) is 21.6 Å². The third-order valence-corrected chi connectivity index (χ3v) is 3.90. The van der Waals surface area contributed by atoms with Crippen LogP contribution in [0.4, 0.5) is 5.82 Å². The van der Waals surface area contributed by atoms with Crippen molar-refractivity contribution in [2.24, 2.45) is 0 Å². The van der Waals surface area contributed by atoms with Crippen molar-refractivity contribution in [2.45, 2.75) is 33.7 Å². The zero-order valence-electron chi connectivity index (χ0n) is 11.9. The standard InChI is InChI=1S/C14H17BrN4O/c1-8-7-9(2)19(18-8)11(4)14(20)17-13-6-5-12(15)10(3)16-13/h5-7,11H,1-4H3,(H,16,17,20)/t11-/m1/s1. The van der Waals surface area contributed by atoms with Crippen LogP contribution in [-0.2, 0) is 4.79 Å². The van der Waals surface area contributed by atoms with Crippen LogP contribution < -0.4 is 5.32 Å². The van der Waals surface area contributed by atoms with Crippen LogP contribution in [0.3, 0.4) is 0 Å². The van der Waals surface area contributed by atoms with E-state index in [0.29, 0.717) is 5.82 Å². The highest BCUT2D eigenvalue weighted by Crippen LogP contribution is 2.18. The summed E-state index contributed by atoms with van der Waals surface area (Å²) in [6.07, 6.45) is 0. The smallest absolute Gasteiger partial charge is 0.250 e. The summed E-state index contributed by atoms with van der Waals surface area (Å²) >= 11 is 3.38. The number of carbonyl (C=O) groups is 1. The van der Waals surface area contributed by atoms with Gasteiger partial charge in [-0.25, -0.2) is 4.98 Å². The van der Waals surface area contributed by atoms with Gasteiger partial charge in [-0.15, -0.1) is 0 Å². The Morgan fingerprint density at radius 3 is 2.60 bits per heavy atom. The first-order valence-electron chi connectivity index (χ1n) is 6.35. The maximum Gasteiger partial charge on any atom is 0.250 e. The van der Waals surface area contributed by atoms with Gasteiger partial charge >= 0.3 is 0 Å². The van der Waals surface area contributed by atoms with E-state index >= 15 is 0 Å². The zero-order chi connectivity index (χ0) is 14.9. The molecule has 2 aromatic rings. The van der Waals surface area contributed by atoms with Crippen LogP contribution in [0.25, 0.3) is 0 Å². The molecule has 0 fully saturated rings. The Kier molecular flexibility index (Phi) is 4.23. The minimum absolute atomic E-state index is 0.134. The molecule has 2 rings (SSSR count). The number of halogens is 1. The molecule has 1 atom stereocenters. The molecular formula is C14H17BrN4O. The SMILES string of the molecule is Cc1cc(C)n([C@H](C)C(=O)Nc2ccc(Br)c(C)n2)n1. The largest absolute Gasteiger partial charge is 0.309 e. The highest BCUT2D eigenvalue weighted by atomic mass is 79.9. The van der Waals surface area contributed by atoms with E-state index < -0.39 is 0 Å². The van der Waals surface area contributed by atoms with Crippen molar-refractivity contribution in [2.75, 3.05) is 5.32 Å². The summed E-state index contributed by atoms with van der Waals surface area (Å²) in [7, 11) is 0. The summed E-state index contributed by atoms with van der Waals surface area (Å²) in [6.45, 7) is 7.55. The fourth-order valence-corrected chi connectivity index (χ4v) is 2.21. The fourth-order valence-electron chi connectivity index (χ4n) is 1.99. The summed E-state index contributed by atoms with van der Waals surface area (Å²) in [5.41, 5.74) is 2.70. The summed E-state index contributed by atoms with van der Waals surface area (Å²) in [6, 6.07) is 5.20. The van der Waals surface area contributed by atoms with Crippen LogP contribution in [0.2, 0.25) is 0 Å². The van der Waals surface area contributed by atoms with Gasteiger partial charge in [0.15, 0.2) is 0 Å². The van der Waals surface area contributed by atoms with Crippen molar-refractivity contribution in [3.05, 3.63) is 39.8 Å². The Morgan fingerprint density at radius 1 is 1.35 bits per heavy atom. The molecule has 2 aromatic heterocycles. The topological polar surface area (TPSA) is 59.8 Å². The van der Waals surface area contributed by atoms with Crippen LogP contribution in [0, 0.1) is 20.8 Å². The highest BCUT2D eigenvalue weighted by molar-refractivity contribution is 9.10. The Hall–Kier alpha value is -1.69. The van der Waals surface area contributed by atoms with Gasteiger partial charge in [0.2, 0.25) is 5.91 Å². The third-order valence-electron chi connectivity index (χ3n) is 3.06. The molecule has 0 aromatic carbocycles. The van der Waals surface area contributed by atoms with Crippen molar-refractivity contribution in [3.63, 3.8) is 0 Å². The van der Waals surface area contributed by atoms with Gasteiger partial charge in [0.25, 0.3) is 0 Å². The zero-order valence-corrected chi connectivity index (χ0v) is 13.5. The lowest BCUT2D eigenvalue weighted by molar-refractivity contribution is -0.119. The van der Waals surface area contributed by atoms with Crippen molar-refractivity contribution in [3.8, 4) is 0 Å². The molecular weight excluding hydrogens is 320 g/mol. The van der Waals surface area contributed by atoms with Crippen LogP contribution >= 0.6 is 15.9 Å². The Bertz CT molecular complexity index is 651. The Balaban J connectivity index is 2.15. The second-order valence-electron chi connectivity index (χ2n) is 4.80. The Labute approximate surface area is 126 Å². The predicted molar refractivity (Wildman–Crippen MR) is 81.7 cm³/mol. The van der Waals surface area contributed by atoms with Crippen molar-refractivity contribution in [1.82, 2.24) is 14.8 Å². The average Bonchev–Trinajstić information content (AvgIpc) is 2.72. The Morgan fingerprint density at radius 2 is 2.05 bits per heavy atom. The summed E-state index contributed by atoms with van der Waals surface area (Å²) in [4.78, 5) is 16.6. The van der Waals surface area contributed by atoms with Crippen molar-refractivity contribution in [1.29, 1.82) is 0 Å². The molecule has 20 heavy (non-hydrogen) atoms. The van der Waals surface area contributed by atoms with Crippen LogP contribution in [0.5, 0.6) is 0 Å². The van der Waals surface area contributed by atoms with Crippen molar-refractivity contribution < 1.29 is 4.79 Å². The second-order valence-corrected chi connectivity index (χ2v) is 5.65. The first kappa shape index (κ1) is 14.7. The van der Waals surface area contributed by atoms with E-state index in [1.54, 1.807) is 10.7 Å². The first-order valence-corrected chi connectivity index (χ1v) is 7.14. The molecule has 0 bridgehead atoms. The quantitative estimate of drug-likeness (QED) is 0.936. The number of nitrogens with zero attached hydrogens (tertiary/aromatic N) is 3.